The summed E-state index contributed by atoms with van der Waals surface area (Å²) in [5.41, 5.74) is 2.10. The lowest BCUT2D eigenvalue weighted by Gasteiger charge is -2.23. The van der Waals surface area contributed by atoms with Gasteiger partial charge in [0.15, 0.2) is 0 Å². The monoisotopic (exact) mass is 792 g/mol. The molecule has 9 atom stereocenters. The van der Waals surface area contributed by atoms with Gasteiger partial charge in [0.05, 0.1) is 75.7 Å². The number of nitrogens with zero attached hydrogens (tertiary/aromatic N) is 3. The quantitative estimate of drug-likeness (QED) is 0.111. The van der Waals surface area contributed by atoms with Gasteiger partial charge in [0.25, 0.3) is 11.1 Å². The summed E-state index contributed by atoms with van der Waals surface area (Å²) in [6, 6.07) is -2.27. The summed E-state index contributed by atoms with van der Waals surface area (Å²) >= 11 is 0. The van der Waals surface area contributed by atoms with Crippen LogP contribution in [-0.4, -0.2) is 149 Å². The van der Waals surface area contributed by atoms with E-state index >= 15 is 0 Å². The molecule has 21 heteroatoms. The van der Waals surface area contributed by atoms with E-state index in [1.54, 1.807) is 43.7 Å². The third-order valence-corrected chi connectivity index (χ3v) is 11.6. The molecule has 10 N–H and O–H groups in total. The Morgan fingerprint density at radius 2 is 1.31 bits per heavy atom. The van der Waals surface area contributed by atoms with Gasteiger partial charge >= 0.3 is 0 Å². The molecular weight excluding hydrogens is 737 g/mol. The van der Waals surface area contributed by atoms with Gasteiger partial charge in [-0.3, -0.25) is 14.3 Å². The van der Waals surface area contributed by atoms with Gasteiger partial charge in [0.2, 0.25) is 0 Å². The first kappa shape index (κ1) is 45.6. The van der Waals surface area contributed by atoms with Gasteiger partial charge in [0.1, 0.15) is 41.4 Å². The van der Waals surface area contributed by atoms with Crippen molar-refractivity contribution in [2.75, 3.05) is 52.4 Å². The number of aromatic amines is 4. The number of H-pyrrole nitrogens is 4. The SMILES string of the molecule is C.C.CCP(C)(C)=O.CP(C)(=O)COC[C@H]1N[C@@H](c2c[nH]c3c(=O)[nH]cnc23)[C@H](O)[C@@H]1O.O=c1[nH]cnc2c([C@H]3[C@H](O)[C@H](O)[C@@H](CO)N3P)c[nH]c12. The maximum atomic E-state index is 11.7. The zero-order valence-corrected chi connectivity index (χ0v) is 31.3. The average molecular weight is 793 g/mol. The lowest BCUT2D eigenvalue weighted by atomic mass is 10.0. The highest BCUT2D eigenvalue weighted by Crippen LogP contribution is 2.41. The Kier molecular flexibility index (Phi) is 16.3. The lowest BCUT2D eigenvalue weighted by molar-refractivity contribution is 0.0132. The molecule has 6 heterocycles. The van der Waals surface area contributed by atoms with Crippen molar-refractivity contribution in [3.05, 3.63) is 56.9 Å². The number of fused-ring (bicyclic) bond motifs is 2. The van der Waals surface area contributed by atoms with E-state index in [0.717, 1.165) is 6.16 Å². The van der Waals surface area contributed by atoms with Crippen LogP contribution in [-0.2, 0) is 13.9 Å². The van der Waals surface area contributed by atoms with Crippen LogP contribution in [0.1, 0.15) is 45.0 Å². The van der Waals surface area contributed by atoms with Crippen molar-refractivity contribution in [1.82, 2.24) is 39.9 Å². The number of hydrogen-bond donors (Lipinski definition) is 10. The van der Waals surface area contributed by atoms with E-state index in [4.69, 9.17) is 4.74 Å². The van der Waals surface area contributed by atoms with Crippen molar-refractivity contribution in [3.8, 4) is 0 Å². The summed E-state index contributed by atoms with van der Waals surface area (Å²) in [7, 11) is -1.56. The highest BCUT2D eigenvalue weighted by molar-refractivity contribution is 7.62. The molecule has 4 aromatic heterocycles. The van der Waals surface area contributed by atoms with E-state index in [1.165, 1.54) is 12.7 Å². The lowest BCUT2D eigenvalue weighted by Crippen LogP contribution is -2.37. The van der Waals surface area contributed by atoms with Crippen molar-refractivity contribution >= 4 is 45.7 Å². The van der Waals surface area contributed by atoms with Gasteiger partial charge in [-0.15, -0.1) is 0 Å². The Balaban J connectivity index is 0.000000305. The maximum Gasteiger partial charge on any atom is 0.275 e. The van der Waals surface area contributed by atoms with Gasteiger partial charge in [-0.2, -0.15) is 0 Å². The van der Waals surface area contributed by atoms with Crippen molar-refractivity contribution < 1.29 is 39.4 Å². The number of aliphatic hydroxyl groups excluding tert-OH is 5. The van der Waals surface area contributed by atoms with Crippen molar-refractivity contribution in [3.63, 3.8) is 0 Å². The molecule has 0 amide bonds. The minimum absolute atomic E-state index is 0. The summed E-state index contributed by atoms with van der Waals surface area (Å²) in [5.74, 6) is 0. The molecule has 4 aromatic rings. The minimum Gasteiger partial charge on any atom is -0.395 e. The zero-order chi connectivity index (χ0) is 37.1. The Bertz CT molecular complexity index is 1960. The van der Waals surface area contributed by atoms with E-state index in [1.807, 2.05) is 6.92 Å². The summed E-state index contributed by atoms with van der Waals surface area (Å²) < 4.78 is 29.3. The summed E-state index contributed by atoms with van der Waals surface area (Å²) in [6.45, 7) is 8.63. The number of rotatable bonds is 8. The van der Waals surface area contributed by atoms with Crippen molar-refractivity contribution in [2.45, 2.75) is 70.4 Å². The minimum atomic E-state index is -2.31. The largest absolute Gasteiger partial charge is 0.395 e. The van der Waals surface area contributed by atoms with Crippen LogP contribution in [0.3, 0.4) is 0 Å². The molecule has 2 fully saturated rings. The van der Waals surface area contributed by atoms with Crippen LogP contribution < -0.4 is 16.4 Å². The first-order chi connectivity index (χ1) is 23.4. The molecule has 2 aliphatic rings. The summed E-state index contributed by atoms with van der Waals surface area (Å²) in [4.78, 5) is 42.3. The fraction of sp³-hybridized carbons (Fsp3) is 0.613. The molecule has 0 aromatic carbocycles. The summed E-state index contributed by atoms with van der Waals surface area (Å²) in [6.07, 6.45) is 2.43. The van der Waals surface area contributed by atoms with Crippen LogP contribution in [0.25, 0.3) is 22.1 Å². The number of ether oxygens (including phenoxy) is 1. The smallest absolute Gasteiger partial charge is 0.275 e. The second kappa shape index (κ2) is 18.6. The Morgan fingerprint density at radius 1 is 0.808 bits per heavy atom. The highest BCUT2D eigenvalue weighted by Gasteiger charge is 2.47. The molecule has 0 saturated carbocycles. The zero-order valence-electron chi connectivity index (χ0n) is 28.3. The van der Waals surface area contributed by atoms with E-state index in [-0.39, 0.29) is 45.5 Å². The normalized spacial score (nSPS) is 26.2. The number of nitrogens with one attached hydrogen (secondary N) is 5. The number of hydrogen-bond acceptors (Lipinski definition) is 14. The molecule has 294 valence electrons. The highest BCUT2D eigenvalue weighted by atomic mass is 31.2. The average Bonchev–Trinajstić information content (AvgIpc) is 3.79. The van der Waals surface area contributed by atoms with Crippen molar-refractivity contribution in [1.29, 1.82) is 0 Å². The van der Waals surface area contributed by atoms with Gasteiger partial charge < -0.3 is 64.7 Å². The topological polar surface area (TPSA) is 283 Å². The molecule has 6 rings (SSSR count). The van der Waals surface area contributed by atoms with Crippen LogP contribution in [0, 0.1) is 0 Å². The molecule has 2 aliphatic heterocycles. The Morgan fingerprint density at radius 3 is 1.77 bits per heavy atom. The molecule has 0 aliphatic carbocycles. The predicted octanol–water partition coefficient (Wildman–Crippen LogP) is 0.965. The molecular formula is C31H55N8O10P3. The van der Waals surface area contributed by atoms with Crippen molar-refractivity contribution in [2.24, 2.45) is 0 Å². The fourth-order valence-corrected chi connectivity index (χ4v) is 6.76. The molecule has 1 unspecified atom stereocenters. The van der Waals surface area contributed by atoms with Gasteiger partial charge in [-0.05, 0) is 32.8 Å². The molecule has 0 spiro atoms. The van der Waals surface area contributed by atoms with Gasteiger partial charge in [-0.1, -0.05) is 31.2 Å². The third-order valence-electron chi connectivity index (χ3n) is 8.57. The molecule has 0 radical (unpaired) electrons. The van der Waals surface area contributed by atoms with E-state index in [2.05, 4.69) is 44.6 Å². The number of aromatic nitrogens is 6. The molecule has 18 nitrogen and oxygen atoms in total. The molecule has 2 saturated heterocycles. The van der Waals surface area contributed by atoms with Crippen LogP contribution >= 0.6 is 23.7 Å². The van der Waals surface area contributed by atoms with Crippen LogP contribution in [0.4, 0.5) is 0 Å². The standard InChI is InChI=1S/C14H21N4O5P.C11H15N4O4P.C4H11OP.2CH4/c1-24(2,22)6-23-4-8-12(19)13(20)10(18-8)7-3-15-11-9(7)16-5-17-14(11)21;16-2-5-9(17)10(18)8(15(5)20)4-1-12-7-6(4)13-3-14-11(7)19;1-4-6(2,3)5;;/h3,5,8,10,12-13,15,18-20H,4,6H2,1-2H3,(H,16,17,21);1,3,5,8-10,12,16-18H,2,20H2,(H,13,14,19);4H2,1-3H3;2*1H4/t8-,10+,12-,13+;5-,8+,9-,10+;;;/m11.../s1. The van der Waals surface area contributed by atoms with Crippen LogP contribution in [0.15, 0.2) is 34.6 Å². The van der Waals surface area contributed by atoms with E-state index in [0.29, 0.717) is 33.2 Å². The first-order valence-electron chi connectivity index (χ1n) is 15.8. The Hall–Kier alpha value is -2.59. The predicted molar refractivity (Wildman–Crippen MR) is 206 cm³/mol. The molecule has 0 bridgehead atoms. The fourth-order valence-electron chi connectivity index (χ4n) is 5.61. The van der Waals surface area contributed by atoms with Crippen LogP contribution in [0.5, 0.6) is 0 Å². The van der Waals surface area contributed by atoms with E-state index in [9.17, 15) is 44.3 Å². The van der Waals surface area contributed by atoms with Gasteiger partial charge in [-0.25, -0.2) is 9.97 Å². The van der Waals surface area contributed by atoms with Gasteiger partial charge in [0, 0.05) is 23.5 Å². The number of aliphatic hydroxyl groups is 5. The first-order valence-corrected chi connectivity index (χ1v) is 21.9. The molecule has 52 heavy (non-hydrogen) atoms. The second-order valence-electron chi connectivity index (χ2n) is 13.2. The Labute approximate surface area is 304 Å². The maximum absolute atomic E-state index is 11.7. The van der Waals surface area contributed by atoms with Crippen LogP contribution in [0.2, 0.25) is 0 Å². The summed E-state index contributed by atoms with van der Waals surface area (Å²) in [5, 5.41) is 53.1. The van der Waals surface area contributed by atoms with E-state index < -0.39 is 62.9 Å². The third kappa shape index (κ3) is 10.3. The second-order valence-corrected chi connectivity index (χ2v) is 21.0.